The number of carbonyl (C=O) groups is 5. The zero-order valence-corrected chi connectivity index (χ0v) is 17.6. The van der Waals surface area contributed by atoms with Crippen LogP contribution in [0.1, 0.15) is 25.5 Å². The van der Waals surface area contributed by atoms with Gasteiger partial charge < -0.3 is 36.9 Å². The molecule has 172 valence electrons. The average Bonchev–Trinajstić information content (AvgIpc) is 3.22. The Balaban J connectivity index is 2.99. The lowest BCUT2D eigenvalue weighted by Gasteiger charge is -2.24. The molecule has 0 aliphatic heterocycles. The lowest BCUT2D eigenvalue weighted by molar-refractivity contribution is -0.141. The summed E-state index contributed by atoms with van der Waals surface area (Å²) in [5.74, 6) is -4.79. The molecule has 0 aliphatic rings. The molecule has 0 bridgehead atoms. The van der Waals surface area contributed by atoms with E-state index in [1.807, 2.05) is 0 Å². The second kappa shape index (κ2) is 12.5. The Morgan fingerprint density at radius 1 is 1.10 bits per heavy atom. The quantitative estimate of drug-likeness (QED) is 0.148. The number of carboxylic acids is 2. The number of aromatic nitrogens is 2. The first-order valence-corrected chi connectivity index (χ1v) is 9.87. The lowest BCUT2D eigenvalue weighted by Crippen LogP contribution is -2.57. The van der Waals surface area contributed by atoms with Crippen LogP contribution >= 0.6 is 12.6 Å². The van der Waals surface area contributed by atoms with Crippen molar-refractivity contribution in [2.24, 2.45) is 5.73 Å². The first kappa shape index (κ1) is 25.9. The fourth-order valence-electron chi connectivity index (χ4n) is 2.37. The highest BCUT2D eigenvalue weighted by Crippen LogP contribution is 2.04. The Labute approximate surface area is 183 Å². The van der Waals surface area contributed by atoms with E-state index in [4.69, 9.17) is 15.9 Å². The smallest absolute Gasteiger partial charge is 0.325 e. The molecule has 1 aromatic rings. The zero-order chi connectivity index (χ0) is 23.6. The summed E-state index contributed by atoms with van der Waals surface area (Å²) < 4.78 is 0. The Morgan fingerprint density at radius 2 is 1.71 bits per heavy atom. The third-order valence-corrected chi connectivity index (χ3v) is 4.55. The van der Waals surface area contributed by atoms with E-state index in [9.17, 15) is 24.0 Å². The number of thiol groups is 1. The summed E-state index contributed by atoms with van der Waals surface area (Å²) in [5, 5.41) is 24.9. The topological polar surface area (TPSA) is 217 Å². The molecule has 1 heterocycles. The molecule has 1 aromatic heterocycles. The summed E-state index contributed by atoms with van der Waals surface area (Å²) in [6.07, 6.45) is 2.04. The number of H-pyrrole nitrogens is 1. The Morgan fingerprint density at radius 3 is 2.23 bits per heavy atom. The van der Waals surface area contributed by atoms with Crippen LogP contribution in [-0.2, 0) is 30.4 Å². The second-order valence-corrected chi connectivity index (χ2v) is 7.06. The van der Waals surface area contributed by atoms with Crippen LogP contribution in [0.5, 0.6) is 0 Å². The number of carbonyl (C=O) groups excluding carboxylic acids is 3. The maximum Gasteiger partial charge on any atom is 0.325 e. The van der Waals surface area contributed by atoms with Crippen LogP contribution in [0.25, 0.3) is 0 Å². The minimum atomic E-state index is -1.29. The molecular formula is C17H26N6O7S. The molecule has 4 unspecified atom stereocenters. The van der Waals surface area contributed by atoms with E-state index >= 15 is 0 Å². The predicted molar refractivity (Wildman–Crippen MR) is 110 cm³/mol. The number of carboxylic acid groups (broad SMARTS) is 2. The van der Waals surface area contributed by atoms with E-state index < -0.39 is 60.2 Å². The van der Waals surface area contributed by atoms with Crippen molar-refractivity contribution in [2.75, 3.05) is 5.75 Å². The van der Waals surface area contributed by atoms with Crippen molar-refractivity contribution in [1.82, 2.24) is 25.9 Å². The minimum absolute atomic E-state index is 0.00294. The van der Waals surface area contributed by atoms with Crippen LogP contribution in [0.15, 0.2) is 12.5 Å². The predicted octanol–water partition coefficient (Wildman–Crippen LogP) is -2.37. The molecule has 0 saturated carbocycles. The molecule has 1 rings (SSSR count). The second-order valence-electron chi connectivity index (χ2n) is 6.69. The van der Waals surface area contributed by atoms with Gasteiger partial charge in [0.05, 0.1) is 12.4 Å². The van der Waals surface area contributed by atoms with Gasteiger partial charge in [-0.1, -0.05) is 0 Å². The maximum absolute atomic E-state index is 12.8. The van der Waals surface area contributed by atoms with Gasteiger partial charge in [0.2, 0.25) is 17.7 Å². The molecule has 4 atom stereocenters. The van der Waals surface area contributed by atoms with Crippen molar-refractivity contribution in [3.05, 3.63) is 18.2 Å². The number of aliphatic carboxylic acids is 2. The highest BCUT2D eigenvalue weighted by atomic mass is 32.1. The summed E-state index contributed by atoms with van der Waals surface area (Å²) >= 11 is 3.90. The molecule has 0 aliphatic carbocycles. The van der Waals surface area contributed by atoms with E-state index in [1.165, 1.54) is 19.4 Å². The first-order chi connectivity index (χ1) is 14.5. The molecule has 13 nitrogen and oxygen atoms in total. The summed E-state index contributed by atoms with van der Waals surface area (Å²) in [7, 11) is 0. The van der Waals surface area contributed by atoms with Gasteiger partial charge in [0.25, 0.3) is 0 Å². The number of nitrogens with zero attached hydrogens (tertiary/aromatic N) is 1. The highest BCUT2D eigenvalue weighted by molar-refractivity contribution is 7.80. The van der Waals surface area contributed by atoms with Gasteiger partial charge >= 0.3 is 11.9 Å². The molecule has 0 fully saturated rings. The van der Waals surface area contributed by atoms with Crippen LogP contribution in [-0.4, -0.2) is 79.8 Å². The van der Waals surface area contributed by atoms with Gasteiger partial charge in [-0.3, -0.25) is 24.0 Å². The summed E-state index contributed by atoms with van der Waals surface area (Å²) in [6.45, 7) is 1.25. The number of aromatic amines is 1. The molecular weight excluding hydrogens is 432 g/mol. The van der Waals surface area contributed by atoms with E-state index in [1.54, 1.807) is 0 Å². The number of imidazole rings is 1. The molecule has 0 radical (unpaired) electrons. The first-order valence-electron chi connectivity index (χ1n) is 9.24. The molecule has 0 aromatic carbocycles. The van der Waals surface area contributed by atoms with Crippen molar-refractivity contribution >= 4 is 42.3 Å². The van der Waals surface area contributed by atoms with E-state index in [2.05, 4.69) is 38.5 Å². The number of amides is 3. The SMILES string of the molecule is CC(NC(=O)C(Cc1cnc[nH]1)NC(=O)C(CCC(=O)O)NC(=O)C(N)CS)C(=O)O. The summed E-state index contributed by atoms with van der Waals surface area (Å²) in [4.78, 5) is 65.9. The van der Waals surface area contributed by atoms with Crippen molar-refractivity contribution in [2.45, 2.75) is 50.4 Å². The normalized spacial score (nSPS) is 14.5. The molecule has 31 heavy (non-hydrogen) atoms. The van der Waals surface area contributed by atoms with Crippen LogP contribution in [0.4, 0.5) is 0 Å². The van der Waals surface area contributed by atoms with Gasteiger partial charge in [0.1, 0.15) is 18.1 Å². The zero-order valence-electron chi connectivity index (χ0n) is 16.7. The maximum atomic E-state index is 12.8. The average molecular weight is 458 g/mol. The van der Waals surface area contributed by atoms with Gasteiger partial charge in [-0.15, -0.1) is 0 Å². The monoisotopic (exact) mass is 458 g/mol. The van der Waals surface area contributed by atoms with Crippen molar-refractivity contribution in [1.29, 1.82) is 0 Å². The van der Waals surface area contributed by atoms with Gasteiger partial charge in [0.15, 0.2) is 0 Å². The van der Waals surface area contributed by atoms with Crippen LogP contribution in [0.3, 0.4) is 0 Å². The van der Waals surface area contributed by atoms with Gasteiger partial charge in [-0.25, -0.2) is 4.98 Å². The van der Waals surface area contributed by atoms with Gasteiger partial charge in [0, 0.05) is 30.5 Å². The molecule has 8 N–H and O–H groups in total. The third kappa shape index (κ3) is 9.04. The van der Waals surface area contributed by atoms with Crippen molar-refractivity contribution in [3.8, 4) is 0 Å². The Hall–Kier alpha value is -3.13. The largest absolute Gasteiger partial charge is 0.481 e. The molecule has 3 amide bonds. The minimum Gasteiger partial charge on any atom is -0.481 e. The number of nitrogens with one attached hydrogen (secondary N) is 4. The van der Waals surface area contributed by atoms with Gasteiger partial charge in [-0.2, -0.15) is 12.6 Å². The van der Waals surface area contributed by atoms with Crippen molar-refractivity contribution in [3.63, 3.8) is 0 Å². The third-order valence-electron chi connectivity index (χ3n) is 4.15. The summed E-state index contributed by atoms with van der Waals surface area (Å²) in [5.41, 5.74) is 6.05. The highest BCUT2D eigenvalue weighted by Gasteiger charge is 2.30. The Kier molecular flexibility index (Phi) is 10.5. The fourth-order valence-corrected chi connectivity index (χ4v) is 2.54. The van der Waals surface area contributed by atoms with E-state index in [-0.39, 0.29) is 18.6 Å². The number of hydrogen-bond acceptors (Lipinski definition) is 8. The number of rotatable bonds is 13. The number of nitrogens with two attached hydrogens (primary N) is 1. The van der Waals surface area contributed by atoms with E-state index in [0.717, 1.165) is 0 Å². The fraction of sp³-hybridized carbons (Fsp3) is 0.529. The standard InChI is InChI=1S/C17H26N6O7S/c1-8(17(29)30)21-16(28)12(4-9-5-19-7-20-9)23-15(27)11(2-3-13(24)25)22-14(26)10(18)6-31/h5,7-8,10-12,31H,2-4,6,18H2,1H3,(H,19,20)(H,21,28)(H,22,26)(H,23,27)(H,24,25)(H,29,30). The number of hydrogen-bond donors (Lipinski definition) is 8. The molecule has 0 saturated heterocycles. The Bertz CT molecular complexity index is 788. The van der Waals surface area contributed by atoms with Crippen molar-refractivity contribution < 1.29 is 34.2 Å². The summed E-state index contributed by atoms with van der Waals surface area (Å²) in [6, 6.07) is -4.76. The van der Waals surface area contributed by atoms with E-state index in [0.29, 0.717) is 5.69 Å². The van der Waals surface area contributed by atoms with Gasteiger partial charge in [-0.05, 0) is 13.3 Å². The lowest BCUT2D eigenvalue weighted by atomic mass is 10.1. The van der Waals surface area contributed by atoms with Crippen LogP contribution in [0.2, 0.25) is 0 Å². The molecule has 14 heteroatoms. The van der Waals surface area contributed by atoms with Crippen LogP contribution < -0.4 is 21.7 Å². The van der Waals surface area contributed by atoms with Crippen LogP contribution in [0, 0.1) is 0 Å². The molecule has 0 spiro atoms.